The van der Waals surface area contributed by atoms with Crippen LogP contribution in [0.3, 0.4) is 0 Å². The van der Waals surface area contributed by atoms with E-state index in [0.717, 1.165) is 17.1 Å². The SMILES string of the molecule is CC(C)[C@H](N)C(=O)Nc1ccc(-c2ncc[nH]2)cc1. The van der Waals surface area contributed by atoms with Gasteiger partial charge in [-0.15, -0.1) is 0 Å². The lowest BCUT2D eigenvalue weighted by molar-refractivity contribution is -0.118. The third kappa shape index (κ3) is 3.20. The van der Waals surface area contributed by atoms with E-state index in [-0.39, 0.29) is 11.8 Å². The second-order valence-electron chi connectivity index (χ2n) is 4.77. The van der Waals surface area contributed by atoms with E-state index in [1.54, 1.807) is 12.4 Å². The molecule has 0 fully saturated rings. The van der Waals surface area contributed by atoms with Gasteiger partial charge in [0.1, 0.15) is 5.82 Å². The van der Waals surface area contributed by atoms with Gasteiger partial charge in [0.15, 0.2) is 0 Å². The number of hydrogen-bond acceptors (Lipinski definition) is 3. The molecule has 0 bridgehead atoms. The molecule has 2 rings (SSSR count). The second kappa shape index (κ2) is 5.67. The van der Waals surface area contributed by atoms with E-state index in [1.165, 1.54) is 0 Å². The first-order valence-electron chi connectivity index (χ1n) is 6.24. The van der Waals surface area contributed by atoms with Crippen molar-refractivity contribution in [2.45, 2.75) is 19.9 Å². The van der Waals surface area contributed by atoms with Crippen LogP contribution < -0.4 is 11.1 Å². The summed E-state index contributed by atoms with van der Waals surface area (Å²) in [5.74, 6) is 0.750. The van der Waals surface area contributed by atoms with E-state index in [1.807, 2.05) is 38.1 Å². The first-order valence-corrected chi connectivity index (χ1v) is 6.24. The van der Waals surface area contributed by atoms with Gasteiger partial charge in [0.25, 0.3) is 0 Å². The fourth-order valence-electron chi connectivity index (χ4n) is 1.66. The molecule has 0 radical (unpaired) electrons. The van der Waals surface area contributed by atoms with Crippen molar-refractivity contribution in [1.82, 2.24) is 9.97 Å². The van der Waals surface area contributed by atoms with Gasteiger partial charge in [0, 0.05) is 23.6 Å². The molecule has 0 saturated heterocycles. The lowest BCUT2D eigenvalue weighted by Crippen LogP contribution is -2.39. The number of nitrogens with zero attached hydrogens (tertiary/aromatic N) is 1. The number of anilines is 1. The van der Waals surface area contributed by atoms with E-state index in [9.17, 15) is 4.79 Å². The molecular weight excluding hydrogens is 240 g/mol. The molecule has 0 saturated carbocycles. The quantitative estimate of drug-likeness (QED) is 0.784. The van der Waals surface area contributed by atoms with Gasteiger partial charge < -0.3 is 16.0 Å². The van der Waals surface area contributed by atoms with Crippen LogP contribution in [0.2, 0.25) is 0 Å². The normalized spacial score (nSPS) is 12.4. The Balaban J connectivity index is 2.05. The van der Waals surface area contributed by atoms with Gasteiger partial charge in [0.05, 0.1) is 6.04 Å². The number of hydrogen-bond donors (Lipinski definition) is 3. The Kier molecular flexibility index (Phi) is 3.97. The lowest BCUT2D eigenvalue weighted by atomic mass is 10.0. The monoisotopic (exact) mass is 258 g/mol. The fourth-order valence-corrected chi connectivity index (χ4v) is 1.66. The molecule has 4 N–H and O–H groups in total. The zero-order valence-electron chi connectivity index (χ0n) is 11.1. The number of nitrogens with two attached hydrogens (primary N) is 1. The summed E-state index contributed by atoms with van der Waals surface area (Å²) in [6.07, 6.45) is 3.47. The summed E-state index contributed by atoms with van der Waals surface area (Å²) in [5, 5.41) is 2.80. The number of benzene rings is 1. The molecule has 2 aromatic rings. The summed E-state index contributed by atoms with van der Waals surface area (Å²) < 4.78 is 0. The van der Waals surface area contributed by atoms with E-state index in [2.05, 4.69) is 15.3 Å². The van der Waals surface area contributed by atoms with Crippen LogP contribution in [-0.4, -0.2) is 21.9 Å². The zero-order valence-corrected chi connectivity index (χ0v) is 11.1. The van der Waals surface area contributed by atoms with Crippen molar-refractivity contribution in [2.24, 2.45) is 11.7 Å². The van der Waals surface area contributed by atoms with Crippen LogP contribution >= 0.6 is 0 Å². The number of amides is 1. The molecule has 0 aliphatic rings. The highest BCUT2D eigenvalue weighted by molar-refractivity contribution is 5.95. The lowest BCUT2D eigenvalue weighted by Gasteiger charge is -2.15. The smallest absolute Gasteiger partial charge is 0.241 e. The third-order valence-electron chi connectivity index (χ3n) is 2.95. The molecule has 1 aromatic heterocycles. The molecule has 1 atom stereocenters. The van der Waals surface area contributed by atoms with Gasteiger partial charge in [-0.1, -0.05) is 13.8 Å². The molecule has 0 aliphatic carbocycles. The topological polar surface area (TPSA) is 83.8 Å². The van der Waals surface area contributed by atoms with Crippen LogP contribution in [0.1, 0.15) is 13.8 Å². The maximum absolute atomic E-state index is 11.8. The number of carbonyl (C=O) groups is 1. The molecule has 5 nitrogen and oxygen atoms in total. The van der Waals surface area contributed by atoms with Gasteiger partial charge in [-0.3, -0.25) is 4.79 Å². The summed E-state index contributed by atoms with van der Waals surface area (Å²) in [5.41, 5.74) is 7.49. The van der Waals surface area contributed by atoms with Crippen LogP contribution in [-0.2, 0) is 4.79 Å². The molecule has 1 aromatic carbocycles. The third-order valence-corrected chi connectivity index (χ3v) is 2.95. The van der Waals surface area contributed by atoms with E-state index in [4.69, 9.17) is 5.73 Å². The van der Waals surface area contributed by atoms with Crippen molar-refractivity contribution in [3.05, 3.63) is 36.7 Å². The molecule has 0 spiro atoms. The number of rotatable bonds is 4. The molecule has 0 aliphatic heterocycles. The van der Waals surface area contributed by atoms with Crippen molar-refractivity contribution in [2.75, 3.05) is 5.32 Å². The van der Waals surface area contributed by atoms with Crippen molar-refractivity contribution >= 4 is 11.6 Å². The predicted molar refractivity (Wildman–Crippen MR) is 75.5 cm³/mol. The minimum atomic E-state index is -0.496. The zero-order chi connectivity index (χ0) is 13.8. The van der Waals surface area contributed by atoms with Gasteiger partial charge >= 0.3 is 0 Å². The minimum absolute atomic E-state index is 0.113. The number of carbonyl (C=O) groups excluding carboxylic acids is 1. The van der Waals surface area contributed by atoms with Crippen LogP contribution in [0.5, 0.6) is 0 Å². The maximum Gasteiger partial charge on any atom is 0.241 e. The van der Waals surface area contributed by atoms with Crippen molar-refractivity contribution in [3.63, 3.8) is 0 Å². The van der Waals surface area contributed by atoms with Crippen molar-refractivity contribution in [3.8, 4) is 11.4 Å². The van der Waals surface area contributed by atoms with Gasteiger partial charge in [-0.25, -0.2) is 4.98 Å². The van der Waals surface area contributed by atoms with Crippen LogP contribution in [0.4, 0.5) is 5.69 Å². The van der Waals surface area contributed by atoms with Crippen LogP contribution in [0, 0.1) is 5.92 Å². The molecule has 1 heterocycles. The Hall–Kier alpha value is -2.14. The Labute approximate surface area is 112 Å². The molecule has 1 amide bonds. The molecule has 5 heteroatoms. The summed E-state index contributed by atoms with van der Waals surface area (Å²) in [4.78, 5) is 19.0. The van der Waals surface area contributed by atoms with E-state index < -0.39 is 6.04 Å². The molecule has 0 unspecified atom stereocenters. The summed E-state index contributed by atoms with van der Waals surface area (Å²) in [6.45, 7) is 3.84. The van der Waals surface area contributed by atoms with E-state index >= 15 is 0 Å². The maximum atomic E-state index is 11.8. The summed E-state index contributed by atoms with van der Waals surface area (Å²) in [7, 11) is 0. The first-order chi connectivity index (χ1) is 9.08. The number of aromatic amines is 1. The predicted octanol–water partition coefficient (Wildman–Crippen LogP) is 2.00. The highest BCUT2D eigenvalue weighted by atomic mass is 16.2. The summed E-state index contributed by atoms with van der Waals surface area (Å²) >= 11 is 0. The molecular formula is C14H18N4O. The number of H-pyrrole nitrogens is 1. The number of aromatic nitrogens is 2. The molecule has 100 valence electrons. The average molecular weight is 258 g/mol. The number of imidazole rings is 1. The van der Waals surface area contributed by atoms with Gasteiger partial charge in [-0.05, 0) is 30.2 Å². The Morgan fingerprint density at radius 3 is 2.53 bits per heavy atom. The highest BCUT2D eigenvalue weighted by Gasteiger charge is 2.17. The van der Waals surface area contributed by atoms with Crippen molar-refractivity contribution in [1.29, 1.82) is 0 Å². The number of nitrogens with one attached hydrogen (secondary N) is 2. The van der Waals surface area contributed by atoms with Crippen molar-refractivity contribution < 1.29 is 4.79 Å². The molecule has 19 heavy (non-hydrogen) atoms. The largest absolute Gasteiger partial charge is 0.345 e. The Bertz CT molecular complexity index is 531. The van der Waals surface area contributed by atoms with Gasteiger partial charge in [0.2, 0.25) is 5.91 Å². The average Bonchev–Trinajstić information content (AvgIpc) is 2.92. The first kappa shape index (κ1) is 13.3. The highest BCUT2D eigenvalue weighted by Crippen LogP contribution is 2.17. The second-order valence-corrected chi connectivity index (χ2v) is 4.77. The Morgan fingerprint density at radius 2 is 2.00 bits per heavy atom. The van der Waals surface area contributed by atoms with Crippen LogP contribution in [0.25, 0.3) is 11.4 Å². The fraction of sp³-hybridized carbons (Fsp3) is 0.286. The van der Waals surface area contributed by atoms with Crippen LogP contribution in [0.15, 0.2) is 36.7 Å². The summed E-state index contributed by atoms with van der Waals surface area (Å²) in [6, 6.07) is 6.97. The Morgan fingerprint density at radius 1 is 1.32 bits per heavy atom. The minimum Gasteiger partial charge on any atom is -0.345 e. The van der Waals surface area contributed by atoms with Gasteiger partial charge in [-0.2, -0.15) is 0 Å². The standard InChI is InChI=1S/C14H18N4O/c1-9(2)12(15)14(19)18-11-5-3-10(4-6-11)13-16-7-8-17-13/h3-9,12H,15H2,1-2H3,(H,16,17)(H,18,19)/t12-/m0/s1. The van der Waals surface area contributed by atoms with E-state index in [0.29, 0.717) is 0 Å².